The van der Waals surface area contributed by atoms with Crippen LogP contribution in [0.25, 0.3) is 0 Å². The van der Waals surface area contributed by atoms with Crippen LogP contribution >= 0.6 is 27.5 Å². The van der Waals surface area contributed by atoms with Crippen molar-refractivity contribution in [3.05, 3.63) is 52.5 Å². The molecular weight excluding hydrogens is 356 g/mol. The molecular formula is C16H16BrClO3. The van der Waals surface area contributed by atoms with Crippen molar-refractivity contribution in [2.24, 2.45) is 0 Å². The first-order chi connectivity index (χ1) is 10.1. The molecule has 0 bridgehead atoms. The molecule has 21 heavy (non-hydrogen) atoms. The van der Waals surface area contributed by atoms with E-state index in [4.69, 9.17) is 25.8 Å². The van der Waals surface area contributed by atoms with E-state index in [-0.39, 0.29) is 4.83 Å². The predicted octanol–water partition coefficient (Wildman–Crippen LogP) is 4.85. The van der Waals surface area contributed by atoms with E-state index in [1.165, 1.54) is 0 Å². The van der Waals surface area contributed by atoms with Crippen molar-refractivity contribution in [3.8, 4) is 17.2 Å². The maximum atomic E-state index is 6.18. The SMILES string of the molecule is COc1ccc(C(Br)c2ccc(OC)c(OC)c2)cc1Cl. The van der Waals surface area contributed by atoms with Crippen molar-refractivity contribution in [3.63, 3.8) is 0 Å². The molecule has 0 saturated carbocycles. The van der Waals surface area contributed by atoms with Crippen LogP contribution in [0.15, 0.2) is 36.4 Å². The minimum absolute atomic E-state index is 0.000659. The van der Waals surface area contributed by atoms with Crippen molar-refractivity contribution in [2.75, 3.05) is 21.3 Å². The lowest BCUT2D eigenvalue weighted by atomic mass is 10.0. The molecule has 0 radical (unpaired) electrons. The molecule has 2 aromatic rings. The molecule has 1 atom stereocenters. The van der Waals surface area contributed by atoms with E-state index in [9.17, 15) is 0 Å². The van der Waals surface area contributed by atoms with Gasteiger partial charge in [0.2, 0.25) is 0 Å². The second kappa shape index (κ2) is 7.05. The van der Waals surface area contributed by atoms with Gasteiger partial charge in [0.1, 0.15) is 5.75 Å². The Labute approximate surface area is 137 Å². The van der Waals surface area contributed by atoms with Gasteiger partial charge in [0.25, 0.3) is 0 Å². The lowest BCUT2D eigenvalue weighted by Crippen LogP contribution is -1.96. The molecule has 0 aliphatic rings. The zero-order chi connectivity index (χ0) is 15.4. The number of methoxy groups -OCH3 is 3. The third kappa shape index (κ3) is 3.44. The number of rotatable bonds is 5. The highest BCUT2D eigenvalue weighted by Gasteiger charge is 2.15. The number of hydrogen-bond donors (Lipinski definition) is 0. The minimum atomic E-state index is 0.000659. The van der Waals surface area contributed by atoms with Gasteiger partial charge in [-0.3, -0.25) is 0 Å². The fourth-order valence-electron chi connectivity index (χ4n) is 2.04. The first-order valence-corrected chi connectivity index (χ1v) is 7.59. The summed E-state index contributed by atoms with van der Waals surface area (Å²) in [6.45, 7) is 0. The predicted molar refractivity (Wildman–Crippen MR) is 88.3 cm³/mol. The van der Waals surface area contributed by atoms with Gasteiger partial charge < -0.3 is 14.2 Å². The second-order valence-electron chi connectivity index (χ2n) is 4.37. The summed E-state index contributed by atoms with van der Waals surface area (Å²) in [5, 5.41) is 0.583. The minimum Gasteiger partial charge on any atom is -0.495 e. The van der Waals surface area contributed by atoms with E-state index in [1.807, 2.05) is 36.4 Å². The smallest absolute Gasteiger partial charge is 0.161 e. The highest BCUT2D eigenvalue weighted by molar-refractivity contribution is 9.09. The van der Waals surface area contributed by atoms with Crippen LogP contribution in [0.4, 0.5) is 0 Å². The Morgan fingerprint density at radius 1 is 0.810 bits per heavy atom. The molecule has 0 fully saturated rings. The Morgan fingerprint density at radius 3 is 1.86 bits per heavy atom. The highest BCUT2D eigenvalue weighted by atomic mass is 79.9. The van der Waals surface area contributed by atoms with Gasteiger partial charge in [0.05, 0.1) is 31.2 Å². The highest BCUT2D eigenvalue weighted by Crippen LogP contribution is 2.38. The Morgan fingerprint density at radius 2 is 1.33 bits per heavy atom. The molecule has 3 nitrogen and oxygen atoms in total. The van der Waals surface area contributed by atoms with Crippen LogP contribution in [0, 0.1) is 0 Å². The largest absolute Gasteiger partial charge is 0.495 e. The first kappa shape index (κ1) is 16.0. The molecule has 0 spiro atoms. The molecule has 0 heterocycles. The van der Waals surface area contributed by atoms with E-state index in [0.29, 0.717) is 22.3 Å². The van der Waals surface area contributed by atoms with E-state index < -0.39 is 0 Å². The van der Waals surface area contributed by atoms with Gasteiger partial charge in [-0.2, -0.15) is 0 Å². The number of halogens is 2. The maximum Gasteiger partial charge on any atom is 0.161 e. The Hall–Kier alpha value is -1.39. The van der Waals surface area contributed by atoms with Crippen molar-refractivity contribution in [2.45, 2.75) is 4.83 Å². The molecule has 1 unspecified atom stereocenters. The standard InChI is InChI=1S/C16H16BrClO3/c1-19-13-6-4-10(8-12(13)18)16(17)11-5-7-14(20-2)15(9-11)21-3/h4-9,16H,1-3H3. The average molecular weight is 372 g/mol. The van der Waals surface area contributed by atoms with Gasteiger partial charge in [-0.1, -0.05) is 39.7 Å². The molecule has 0 aliphatic heterocycles. The number of hydrogen-bond acceptors (Lipinski definition) is 3. The summed E-state index contributed by atoms with van der Waals surface area (Å²) in [6.07, 6.45) is 0. The zero-order valence-electron chi connectivity index (χ0n) is 12.0. The Bertz CT molecular complexity index is 631. The monoisotopic (exact) mass is 370 g/mol. The van der Waals surface area contributed by atoms with Gasteiger partial charge in [0.15, 0.2) is 11.5 Å². The van der Waals surface area contributed by atoms with E-state index in [1.54, 1.807) is 21.3 Å². The summed E-state index contributed by atoms with van der Waals surface area (Å²) in [5.41, 5.74) is 2.09. The number of benzene rings is 2. The number of ether oxygens (including phenoxy) is 3. The van der Waals surface area contributed by atoms with Crippen LogP contribution in [0.2, 0.25) is 5.02 Å². The van der Waals surface area contributed by atoms with E-state index in [0.717, 1.165) is 11.1 Å². The third-order valence-corrected chi connectivity index (χ3v) is 4.52. The number of alkyl halides is 1. The van der Waals surface area contributed by atoms with Crippen LogP contribution in [0.3, 0.4) is 0 Å². The molecule has 0 N–H and O–H groups in total. The summed E-state index contributed by atoms with van der Waals surface area (Å²) in [5.74, 6) is 2.06. The Balaban J connectivity index is 2.35. The van der Waals surface area contributed by atoms with E-state index >= 15 is 0 Å². The maximum absolute atomic E-state index is 6.18. The van der Waals surface area contributed by atoms with Crippen molar-refractivity contribution in [1.82, 2.24) is 0 Å². The molecule has 112 valence electrons. The summed E-state index contributed by atoms with van der Waals surface area (Å²) in [4.78, 5) is 0.000659. The normalized spacial score (nSPS) is 11.9. The topological polar surface area (TPSA) is 27.7 Å². The van der Waals surface area contributed by atoms with Gasteiger partial charge in [-0.15, -0.1) is 0 Å². The van der Waals surface area contributed by atoms with Crippen LogP contribution in [0.1, 0.15) is 16.0 Å². The first-order valence-electron chi connectivity index (χ1n) is 6.30. The summed E-state index contributed by atoms with van der Waals surface area (Å²) >= 11 is 9.87. The summed E-state index contributed by atoms with van der Waals surface area (Å²) in [6, 6.07) is 11.5. The molecule has 2 aromatic carbocycles. The summed E-state index contributed by atoms with van der Waals surface area (Å²) in [7, 11) is 4.84. The quantitative estimate of drug-likeness (QED) is 0.703. The van der Waals surface area contributed by atoms with Crippen LogP contribution in [-0.4, -0.2) is 21.3 Å². The molecule has 0 saturated heterocycles. The van der Waals surface area contributed by atoms with Crippen molar-refractivity contribution < 1.29 is 14.2 Å². The van der Waals surface area contributed by atoms with Gasteiger partial charge in [-0.05, 0) is 35.4 Å². The van der Waals surface area contributed by atoms with Gasteiger partial charge >= 0.3 is 0 Å². The lowest BCUT2D eigenvalue weighted by Gasteiger charge is -2.15. The Kier molecular flexibility index (Phi) is 5.37. The van der Waals surface area contributed by atoms with Crippen LogP contribution in [-0.2, 0) is 0 Å². The van der Waals surface area contributed by atoms with Gasteiger partial charge in [-0.25, -0.2) is 0 Å². The van der Waals surface area contributed by atoms with Crippen molar-refractivity contribution >= 4 is 27.5 Å². The van der Waals surface area contributed by atoms with Crippen LogP contribution in [0.5, 0.6) is 17.2 Å². The fraction of sp³-hybridized carbons (Fsp3) is 0.250. The van der Waals surface area contributed by atoms with Gasteiger partial charge in [0, 0.05) is 0 Å². The summed E-state index contributed by atoms with van der Waals surface area (Å²) < 4.78 is 15.7. The van der Waals surface area contributed by atoms with Crippen LogP contribution < -0.4 is 14.2 Å². The third-order valence-electron chi connectivity index (χ3n) is 3.17. The molecule has 0 aliphatic carbocycles. The van der Waals surface area contributed by atoms with Crippen molar-refractivity contribution in [1.29, 1.82) is 0 Å². The average Bonchev–Trinajstić information content (AvgIpc) is 2.53. The second-order valence-corrected chi connectivity index (χ2v) is 5.69. The fourth-order valence-corrected chi connectivity index (χ4v) is 2.88. The zero-order valence-corrected chi connectivity index (χ0v) is 14.4. The molecule has 2 rings (SSSR count). The molecule has 0 amide bonds. The van der Waals surface area contributed by atoms with E-state index in [2.05, 4.69) is 15.9 Å². The molecule has 5 heteroatoms. The lowest BCUT2D eigenvalue weighted by molar-refractivity contribution is 0.354. The molecule has 0 aromatic heterocycles.